The predicted molar refractivity (Wildman–Crippen MR) is 146 cm³/mol. The van der Waals surface area contributed by atoms with E-state index in [4.69, 9.17) is 0 Å². The number of rotatable bonds is 20. The van der Waals surface area contributed by atoms with Crippen molar-refractivity contribution in [2.45, 2.75) is 130 Å². The molecule has 0 bridgehead atoms. The first-order valence-corrected chi connectivity index (χ1v) is 19.0. The van der Waals surface area contributed by atoms with Gasteiger partial charge < -0.3 is 19.6 Å². The molecule has 218 valence electrons. The molecule has 0 aliphatic rings. The van der Waals surface area contributed by atoms with Crippen LogP contribution in [-0.4, -0.2) is 24.6 Å². The standard InChI is InChI=1S/4C6H13O2P.Mo/c4*1-2-3-4-5-6-9(7)8;/h4*2-6H2,1H3;/q;;;;+4. The summed E-state index contributed by atoms with van der Waals surface area (Å²) in [7, 11) is -8.47. The van der Waals surface area contributed by atoms with Crippen molar-refractivity contribution < 1.29 is 58.9 Å². The van der Waals surface area contributed by atoms with Crippen molar-refractivity contribution in [3.8, 4) is 0 Å². The van der Waals surface area contributed by atoms with Crippen molar-refractivity contribution >= 4 is 32.1 Å². The van der Waals surface area contributed by atoms with Gasteiger partial charge in [-0.1, -0.05) is 97.3 Å². The Morgan fingerprint density at radius 3 is 0.622 bits per heavy atom. The molecule has 0 radical (unpaired) electrons. The molecule has 0 spiro atoms. The Kier molecular flexibility index (Phi) is 56.7. The third-order valence-corrected chi connectivity index (χ3v) is 7.50. The number of hydrogen-bond donors (Lipinski definition) is 0. The average Bonchev–Trinajstić information content (AvgIpc) is 2.81. The van der Waals surface area contributed by atoms with Crippen molar-refractivity contribution in [1.82, 2.24) is 0 Å². The zero-order chi connectivity index (χ0) is 28.5. The Labute approximate surface area is 245 Å². The maximum absolute atomic E-state index is 10.00. The van der Waals surface area contributed by atoms with Crippen LogP contribution >= 0.6 is 32.1 Å². The van der Waals surface area contributed by atoms with E-state index in [1.807, 2.05) is 0 Å². The molecule has 0 fully saturated rings. The molecule has 0 saturated heterocycles. The SMILES string of the molecule is CCCCCC[P+](=O)[O-].CCCCCC[P+](=O)[O-].CCCCCC[P+](=O)[O-].CCCCCC[P+](=O)[O-].[Mo+4]. The molecule has 0 aromatic rings. The second-order valence-corrected chi connectivity index (χ2v) is 12.9. The van der Waals surface area contributed by atoms with E-state index in [2.05, 4.69) is 27.7 Å². The third-order valence-electron chi connectivity index (χ3n) is 4.78. The van der Waals surface area contributed by atoms with Crippen molar-refractivity contribution in [3.63, 3.8) is 0 Å². The van der Waals surface area contributed by atoms with Gasteiger partial charge in [-0.3, -0.25) is 0 Å². The largest absolute Gasteiger partial charge is 4.00 e. The van der Waals surface area contributed by atoms with Crippen LogP contribution in [0, 0.1) is 0 Å². The van der Waals surface area contributed by atoms with Gasteiger partial charge in [0.05, 0.1) is 0 Å². The molecule has 4 atom stereocenters. The summed E-state index contributed by atoms with van der Waals surface area (Å²) in [6.45, 7) is 8.43. The number of hydrogen-bond acceptors (Lipinski definition) is 8. The molecule has 0 heterocycles. The van der Waals surface area contributed by atoms with Gasteiger partial charge in [-0.15, -0.1) is 0 Å². The summed E-state index contributed by atoms with van der Waals surface area (Å²) < 4.78 is 40.0. The third kappa shape index (κ3) is 72.5. The maximum atomic E-state index is 10.00. The molecule has 0 aromatic carbocycles. The Balaban J connectivity index is -0.000000122. The fourth-order valence-electron chi connectivity index (χ4n) is 2.67. The first kappa shape index (κ1) is 47.7. The van der Waals surface area contributed by atoms with E-state index in [1.54, 1.807) is 0 Å². The van der Waals surface area contributed by atoms with E-state index >= 15 is 0 Å². The van der Waals surface area contributed by atoms with Crippen LogP contribution in [-0.2, 0) is 39.3 Å². The quantitative estimate of drug-likeness (QED) is 0.0778. The minimum atomic E-state index is -2.12. The Hall–Kier alpha value is 0.928. The second kappa shape index (κ2) is 44.0. The first-order valence-electron chi connectivity index (χ1n) is 13.6. The van der Waals surface area contributed by atoms with Crippen LogP contribution in [0.5, 0.6) is 0 Å². The maximum Gasteiger partial charge on any atom is 4.00 e. The zero-order valence-corrected chi connectivity index (χ0v) is 29.2. The summed E-state index contributed by atoms with van der Waals surface area (Å²) in [4.78, 5) is 40.0. The van der Waals surface area contributed by atoms with Crippen molar-refractivity contribution in [2.75, 3.05) is 24.6 Å². The van der Waals surface area contributed by atoms with E-state index in [0.29, 0.717) is 24.6 Å². The van der Waals surface area contributed by atoms with Crippen LogP contribution < -0.4 is 19.6 Å². The fraction of sp³-hybridized carbons (Fsp3) is 1.00. The molecule has 0 rings (SSSR count). The average molecular weight is 689 g/mol. The van der Waals surface area contributed by atoms with Crippen LogP contribution in [0.4, 0.5) is 0 Å². The summed E-state index contributed by atoms with van der Waals surface area (Å²) in [5.74, 6) is 0. The van der Waals surface area contributed by atoms with Crippen LogP contribution in [0.2, 0.25) is 0 Å². The molecular weight excluding hydrogens is 636 g/mol. The summed E-state index contributed by atoms with van der Waals surface area (Å²) in [5.41, 5.74) is 0. The first-order chi connectivity index (χ1) is 17.1. The summed E-state index contributed by atoms with van der Waals surface area (Å²) in [6, 6.07) is 0. The molecular formula is C24H52MoO8P4+4. The summed E-state index contributed by atoms with van der Waals surface area (Å²) in [5, 5.41) is 0. The van der Waals surface area contributed by atoms with Crippen molar-refractivity contribution in [1.29, 1.82) is 0 Å². The van der Waals surface area contributed by atoms with Crippen LogP contribution in [0.25, 0.3) is 0 Å². The van der Waals surface area contributed by atoms with Crippen LogP contribution in [0.1, 0.15) is 130 Å². The molecule has 0 aliphatic heterocycles. The Bertz CT molecular complexity index is 427. The molecule has 0 amide bonds. The van der Waals surface area contributed by atoms with E-state index in [0.717, 1.165) is 103 Å². The van der Waals surface area contributed by atoms with E-state index in [1.165, 1.54) is 0 Å². The fourth-order valence-corrected chi connectivity index (χ4v) is 4.60. The van der Waals surface area contributed by atoms with Crippen molar-refractivity contribution in [2.24, 2.45) is 0 Å². The Morgan fingerprint density at radius 2 is 0.514 bits per heavy atom. The van der Waals surface area contributed by atoms with Gasteiger partial charge in [0.25, 0.3) is 0 Å². The van der Waals surface area contributed by atoms with Gasteiger partial charge in [-0.25, -0.2) is 0 Å². The van der Waals surface area contributed by atoms with Crippen LogP contribution in [0.3, 0.4) is 0 Å². The van der Waals surface area contributed by atoms with Gasteiger partial charge in [-0.2, -0.15) is 0 Å². The molecule has 0 aromatic heterocycles. The van der Waals surface area contributed by atoms with Gasteiger partial charge in [0.2, 0.25) is 0 Å². The monoisotopic (exact) mass is 690 g/mol. The molecule has 0 aliphatic carbocycles. The molecule has 13 heteroatoms. The molecule has 4 unspecified atom stereocenters. The van der Waals surface area contributed by atoms with E-state index in [-0.39, 0.29) is 21.1 Å². The van der Waals surface area contributed by atoms with Gasteiger partial charge in [0.1, 0.15) is 24.6 Å². The van der Waals surface area contributed by atoms with Crippen LogP contribution in [0.15, 0.2) is 0 Å². The minimum Gasteiger partial charge on any atom is -0.596 e. The van der Waals surface area contributed by atoms with Gasteiger partial charge in [0, 0.05) is 0 Å². The van der Waals surface area contributed by atoms with E-state index < -0.39 is 32.1 Å². The number of unbranched alkanes of at least 4 members (excludes halogenated alkanes) is 12. The molecule has 8 nitrogen and oxygen atoms in total. The topological polar surface area (TPSA) is 161 Å². The van der Waals surface area contributed by atoms with E-state index in [9.17, 15) is 37.8 Å². The van der Waals surface area contributed by atoms with Gasteiger partial charge >= 0.3 is 53.2 Å². The molecule has 0 N–H and O–H groups in total. The summed E-state index contributed by atoms with van der Waals surface area (Å²) >= 11 is 0. The molecule has 0 saturated carbocycles. The van der Waals surface area contributed by atoms with Gasteiger partial charge in [0.15, 0.2) is 0 Å². The van der Waals surface area contributed by atoms with Gasteiger partial charge in [-0.05, 0) is 51.4 Å². The smallest absolute Gasteiger partial charge is 0.596 e. The zero-order valence-electron chi connectivity index (χ0n) is 23.6. The predicted octanol–water partition coefficient (Wildman–Crippen LogP) is 6.68. The minimum absolute atomic E-state index is 0. The normalized spacial score (nSPS) is 11.2. The Morgan fingerprint density at radius 1 is 0.351 bits per heavy atom. The summed E-state index contributed by atoms with van der Waals surface area (Å²) in [6.07, 6.45) is 18.3. The van der Waals surface area contributed by atoms with Crippen molar-refractivity contribution in [3.05, 3.63) is 0 Å². The second-order valence-electron chi connectivity index (χ2n) is 8.47. The molecule has 37 heavy (non-hydrogen) atoms.